The van der Waals surface area contributed by atoms with Crippen molar-refractivity contribution in [2.24, 2.45) is 0 Å². The third-order valence-electron chi connectivity index (χ3n) is 2.51. The highest BCUT2D eigenvalue weighted by Gasteiger charge is 2.04. The van der Waals surface area contributed by atoms with Gasteiger partial charge in [-0.05, 0) is 30.0 Å². The summed E-state index contributed by atoms with van der Waals surface area (Å²) in [5.41, 5.74) is 2.37. The molecule has 0 spiro atoms. The summed E-state index contributed by atoms with van der Waals surface area (Å²) in [5.74, 6) is 1.38. The van der Waals surface area contributed by atoms with E-state index in [9.17, 15) is 0 Å². The van der Waals surface area contributed by atoms with E-state index in [1.54, 1.807) is 7.11 Å². The first kappa shape index (κ1) is 12.8. The highest BCUT2D eigenvalue weighted by Crippen LogP contribution is 2.25. The molecule has 1 rings (SSSR count). The minimum atomic E-state index is 0.183. The van der Waals surface area contributed by atoms with Crippen LogP contribution in [-0.2, 0) is 0 Å². The fraction of sp³-hybridized carbons (Fsp3) is 0.429. The van der Waals surface area contributed by atoms with Gasteiger partial charge in [-0.25, -0.2) is 0 Å². The van der Waals surface area contributed by atoms with Crippen LogP contribution in [0.4, 0.5) is 0 Å². The predicted octanol–water partition coefficient (Wildman–Crippen LogP) is 3.21. The molecular weight excluding hydrogens is 200 g/mol. The van der Waals surface area contributed by atoms with Gasteiger partial charge in [0.2, 0.25) is 0 Å². The Bertz CT molecular complexity index is 354. The van der Waals surface area contributed by atoms with E-state index in [0.717, 1.165) is 11.3 Å². The number of benzene rings is 1. The molecular formula is C14H20O2. The summed E-state index contributed by atoms with van der Waals surface area (Å²) in [7, 11) is 1.67. The second kappa shape index (κ2) is 6.33. The van der Waals surface area contributed by atoms with E-state index in [-0.39, 0.29) is 6.61 Å². The Morgan fingerprint density at radius 3 is 2.69 bits per heavy atom. The fourth-order valence-corrected chi connectivity index (χ4v) is 1.53. The van der Waals surface area contributed by atoms with Crippen LogP contribution < -0.4 is 4.74 Å². The van der Waals surface area contributed by atoms with Crippen molar-refractivity contribution in [1.29, 1.82) is 0 Å². The van der Waals surface area contributed by atoms with Crippen LogP contribution in [0.2, 0.25) is 0 Å². The molecule has 0 saturated carbocycles. The van der Waals surface area contributed by atoms with Gasteiger partial charge in [0.15, 0.2) is 0 Å². The van der Waals surface area contributed by atoms with Crippen molar-refractivity contribution < 1.29 is 9.84 Å². The maximum Gasteiger partial charge on any atom is 0.126 e. The Morgan fingerprint density at radius 1 is 1.38 bits per heavy atom. The van der Waals surface area contributed by atoms with Crippen LogP contribution in [0, 0.1) is 0 Å². The third-order valence-corrected chi connectivity index (χ3v) is 2.51. The van der Waals surface area contributed by atoms with Gasteiger partial charge in [-0.3, -0.25) is 0 Å². The normalized spacial score (nSPS) is 11.3. The van der Waals surface area contributed by atoms with E-state index in [1.807, 2.05) is 18.2 Å². The molecule has 0 fully saturated rings. The monoisotopic (exact) mass is 220 g/mol. The van der Waals surface area contributed by atoms with Gasteiger partial charge in [-0.1, -0.05) is 32.1 Å². The topological polar surface area (TPSA) is 29.5 Å². The Hall–Kier alpha value is -1.28. The van der Waals surface area contributed by atoms with Gasteiger partial charge >= 0.3 is 0 Å². The molecule has 0 bridgehead atoms. The lowest BCUT2D eigenvalue weighted by atomic mass is 10.00. The van der Waals surface area contributed by atoms with Crippen molar-refractivity contribution in [3.8, 4) is 5.75 Å². The Morgan fingerprint density at radius 2 is 2.12 bits per heavy atom. The number of methoxy groups -OCH3 is 1. The summed E-state index contributed by atoms with van der Waals surface area (Å²) in [4.78, 5) is 0. The first-order chi connectivity index (χ1) is 7.69. The molecule has 0 radical (unpaired) electrons. The largest absolute Gasteiger partial charge is 0.496 e. The SMILES string of the molecule is COc1ccc(C(C)C)cc1C=CCCO. The molecule has 0 amide bonds. The fourth-order valence-electron chi connectivity index (χ4n) is 1.53. The second-order valence-corrected chi connectivity index (χ2v) is 4.07. The molecule has 1 aromatic rings. The molecule has 0 saturated heterocycles. The predicted molar refractivity (Wildman–Crippen MR) is 67.8 cm³/mol. The zero-order valence-electron chi connectivity index (χ0n) is 10.2. The number of aliphatic hydroxyl groups is 1. The van der Waals surface area contributed by atoms with Crippen molar-refractivity contribution in [2.75, 3.05) is 13.7 Å². The molecule has 2 nitrogen and oxygen atoms in total. The van der Waals surface area contributed by atoms with E-state index in [1.165, 1.54) is 5.56 Å². The van der Waals surface area contributed by atoms with Crippen LogP contribution >= 0.6 is 0 Å². The van der Waals surface area contributed by atoms with Crippen LogP contribution in [0.15, 0.2) is 24.3 Å². The highest BCUT2D eigenvalue weighted by atomic mass is 16.5. The van der Waals surface area contributed by atoms with E-state index in [0.29, 0.717) is 12.3 Å². The lowest BCUT2D eigenvalue weighted by Gasteiger charge is -2.10. The number of rotatable bonds is 5. The molecule has 1 N–H and O–H groups in total. The molecule has 0 atom stereocenters. The van der Waals surface area contributed by atoms with Gasteiger partial charge in [0.1, 0.15) is 5.75 Å². The molecule has 0 aliphatic heterocycles. The van der Waals surface area contributed by atoms with Gasteiger partial charge in [-0.15, -0.1) is 0 Å². The molecule has 0 aliphatic carbocycles. The molecule has 0 aliphatic rings. The summed E-state index contributed by atoms with van der Waals surface area (Å²) in [6.45, 7) is 4.52. The average molecular weight is 220 g/mol. The van der Waals surface area contributed by atoms with Crippen molar-refractivity contribution in [3.05, 3.63) is 35.4 Å². The van der Waals surface area contributed by atoms with Crippen molar-refractivity contribution in [2.45, 2.75) is 26.2 Å². The molecule has 2 heteroatoms. The zero-order chi connectivity index (χ0) is 12.0. The van der Waals surface area contributed by atoms with E-state index < -0.39 is 0 Å². The summed E-state index contributed by atoms with van der Waals surface area (Å²) in [6.07, 6.45) is 4.64. The molecule has 88 valence electrons. The number of hydrogen-bond acceptors (Lipinski definition) is 2. The first-order valence-corrected chi connectivity index (χ1v) is 5.64. The number of ether oxygens (including phenoxy) is 1. The molecule has 0 heterocycles. The van der Waals surface area contributed by atoms with Crippen LogP contribution in [0.25, 0.3) is 6.08 Å². The van der Waals surface area contributed by atoms with Crippen LogP contribution in [0.5, 0.6) is 5.75 Å². The van der Waals surface area contributed by atoms with Gasteiger partial charge < -0.3 is 9.84 Å². The highest BCUT2D eigenvalue weighted by molar-refractivity contribution is 5.58. The quantitative estimate of drug-likeness (QED) is 0.825. The second-order valence-electron chi connectivity index (χ2n) is 4.07. The lowest BCUT2D eigenvalue weighted by molar-refractivity contribution is 0.303. The molecule has 16 heavy (non-hydrogen) atoms. The van der Waals surface area contributed by atoms with Crippen LogP contribution in [-0.4, -0.2) is 18.8 Å². The maximum absolute atomic E-state index is 8.73. The van der Waals surface area contributed by atoms with Gasteiger partial charge in [0.05, 0.1) is 7.11 Å². The van der Waals surface area contributed by atoms with Gasteiger partial charge in [-0.2, -0.15) is 0 Å². The van der Waals surface area contributed by atoms with Crippen molar-refractivity contribution in [3.63, 3.8) is 0 Å². The summed E-state index contributed by atoms with van der Waals surface area (Å²) < 4.78 is 5.30. The summed E-state index contributed by atoms with van der Waals surface area (Å²) in [5, 5.41) is 8.73. The summed E-state index contributed by atoms with van der Waals surface area (Å²) >= 11 is 0. The first-order valence-electron chi connectivity index (χ1n) is 5.64. The molecule has 1 aromatic carbocycles. The third kappa shape index (κ3) is 3.38. The zero-order valence-corrected chi connectivity index (χ0v) is 10.2. The smallest absolute Gasteiger partial charge is 0.126 e. The van der Waals surface area contributed by atoms with E-state index in [4.69, 9.17) is 9.84 Å². The van der Waals surface area contributed by atoms with Gasteiger partial charge in [0, 0.05) is 12.2 Å². The minimum Gasteiger partial charge on any atom is -0.496 e. The van der Waals surface area contributed by atoms with Crippen molar-refractivity contribution in [1.82, 2.24) is 0 Å². The van der Waals surface area contributed by atoms with E-state index >= 15 is 0 Å². The Balaban J connectivity index is 2.97. The Labute approximate surface area is 97.6 Å². The standard InChI is InChI=1S/C14H20O2/c1-11(2)12-7-8-14(16-3)13(10-12)6-4-5-9-15/h4,6-8,10-11,15H,5,9H2,1-3H3. The minimum absolute atomic E-state index is 0.183. The number of hydrogen-bond donors (Lipinski definition) is 1. The maximum atomic E-state index is 8.73. The number of aliphatic hydroxyl groups excluding tert-OH is 1. The Kier molecular flexibility index (Phi) is 5.06. The van der Waals surface area contributed by atoms with Crippen LogP contribution in [0.3, 0.4) is 0 Å². The molecule has 0 aromatic heterocycles. The average Bonchev–Trinajstić information content (AvgIpc) is 2.29. The molecule has 0 unspecified atom stereocenters. The van der Waals surface area contributed by atoms with E-state index in [2.05, 4.69) is 26.0 Å². The summed E-state index contributed by atoms with van der Waals surface area (Å²) in [6, 6.07) is 6.22. The van der Waals surface area contributed by atoms with Crippen LogP contribution in [0.1, 0.15) is 37.3 Å². The van der Waals surface area contributed by atoms with Crippen molar-refractivity contribution >= 4 is 6.08 Å². The lowest BCUT2D eigenvalue weighted by Crippen LogP contribution is -1.92. The van der Waals surface area contributed by atoms with Gasteiger partial charge in [0.25, 0.3) is 0 Å².